The monoisotopic (exact) mass is 370 g/mol. The van der Waals surface area contributed by atoms with Crippen LogP contribution in [0.2, 0.25) is 0 Å². The van der Waals surface area contributed by atoms with Gasteiger partial charge in [0.1, 0.15) is 15.7 Å². The van der Waals surface area contributed by atoms with Crippen molar-refractivity contribution in [1.82, 2.24) is 4.98 Å². The first kappa shape index (κ1) is 13.9. The number of halogens is 2. The van der Waals surface area contributed by atoms with Gasteiger partial charge >= 0.3 is 0 Å². The molecule has 0 fully saturated rings. The van der Waals surface area contributed by atoms with E-state index in [4.69, 9.17) is 0 Å². The number of anilines is 1. The fourth-order valence-electron chi connectivity index (χ4n) is 1.10. The Balaban J connectivity index is 2.77. The molecule has 1 heterocycles. The van der Waals surface area contributed by atoms with E-state index in [0.29, 0.717) is 6.54 Å². The van der Waals surface area contributed by atoms with Gasteiger partial charge in [-0.25, -0.2) is 13.4 Å². The van der Waals surface area contributed by atoms with Crippen LogP contribution in [0.25, 0.3) is 0 Å². The van der Waals surface area contributed by atoms with Crippen LogP contribution in [-0.2, 0) is 9.84 Å². The highest BCUT2D eigenvalue weighted by molar-refractivity contribution is 9.11. The second-order valence-corrected chi connectivity index (χ2v) is 7.54. The summed E-state index contributed by atoms with van der Waals surface area (Å²) in [4.78, 5) is 6.02. The summed E-state index contributed by atoms with van der Waals surface area (Å²) in [6, 6.07) is 1.87. The van der Waals surface area contributed by atoms with Crippen LogP contribution in [0.5, 0.6) is 0 Å². The Bertz CT molecular complexity index is 476. The zero-order valence-electron chi connectivity index (χ0n) is 8.94. The van der Waals surface area contributed by atoms with Crippen molar-refractivity contribution in [2.75, 3.05) is 30.5 Å². The van der Waals surface area contributed by atoms with Gasteiger partial charge in [-0.1, -0.05) is 0 Å². The first-order chi connectivity index (χ1) is 7.29. The van der Waals surface area contributed by atoms with Crippen molar-refractivity contribution < 1.29 is 8.42 Å². The maximum atomic E-state index is 11.0. The standard InChI is InChI=1S/C9H12Br2N2O2S/c1-13(3-4-16(2,14)15)9-8(11)5-7(10)6-12-9/h5-6H,3-4H2,1-2H3. The Labute approximate surface area is 112 Å². The summed E-state index contributed by atoms with van der Waals surface area (Å²) in [5, 5.41) is 0. The SMILES string of the molecule is CN(CCS(C)(=O)=O)c1ncc(Br)cc1Br. The van der Waals surface area contributed by atoms with Gasteiger partial charge in [-0.3, -0.25) is 0 Å². The van der Waals surface area contributed by atoms with E-state index >= 15 is 0 Å². The summed E-state index contributed by atoms with van der Waals surface area (Å²) >= 11 is 6.69. The molecule has 0 aromatic carbocycles. The Kier molecular flexibility index (Phi) is 4.75. The first-order valence-corrected chi connectivity index (χ1v) is 8.14. The quantitative estimate of drug-likeness (QED) is 0.813. The molecule has 0 aliphatic heterocycles. The molecule has 0 aliphatic rings. The number of hydrogen-bond donors (Lipinski definition) is 0. The third-order valence-electron chi connectivity index (χ3n) is 1.95. The Morgan fingerprint density at radius 1 is 1.44 bits per heavy atom. The fourth-order valence-corrected chi connectivity index (χ4v) is 2.99. The topological polar surface area (TPSA) is 50.3 Å². The second kappa shape index (κ2) is 5.46. The van der Waals surface area contributed by atoms with E-state index < -0.39 is 9.84 Å². The average molecular weight is 372 g/mol. The largest absolute Gasteiger partial charge is 0.358 e. The highest BCUT2D eigenvalue weighted by atomic mass is 79.9. The molecular formula is C9H12Br2N2O2S. The van der Waals surface area contributed by atoms with Gasteiger partial charge in [-0.05, 0) is 37.9 Å². The first-order valence-electron chi connectivity index (χ1n) is 4.49. The van der Waals surface area contributed by atoms with Crippen molar-refractivity contribution in [1.29, 1.82) is 0 Å². The van der Waals surface area contributed by atoms with Crippen LogP contribution in [0.1, 0.15) is 0 Å². The van der Waals surface area contributed by atoms with E-state index in [1.165, 1.54) is 6.26 Å². The van der Waals surface area contributed by atoms with Gasteiger partial charge < -0.3 is 4.90 Å². The van der Waals surface area contributed by atoms with Crippen molar-refractivity contribution in [3.8, 4) is 0 Å². The van der Waals surface area contributed by atoms with Crippen LogP contribution >= 0.6 is 31.9 Å². The minimum Gasteiger partial charge on any atom is -0.358 e. The van der Waals surface area contributed by atoms with E-state index in [-0.39, 0.29) is 5.75 Å². The van der Waals surface area contributed by atoms with Gasteiger partial charge in [0.05, 0.1) is 10.2 Å². The second-order valence-electron chi connectivity index (χ2n) is 3.51. The minimum atomic E-state index is -2.94. The van der Waals surface area contributed by atoms with Crippen molar-refractivity contribution in [2.24, 2.45) is 0 Å². The van der Waals surface area contributed by atoms with Crippen LogP contribution in [-0.4, -0.2) is 39.0 Å². The van der Waals surface area contributed by atoms with E-state index in [1.54, 1.807) is 11.1 Å². The van der Waals surface area contributed by atoms with Crippen LogP contribution in [0, 0.1) is 0 Å². The molecule has 0 N–H and O–H groups in total. The zero-order valence-corrected chi connectivity index (χ0v) is 12.9. The van der Waals surface area contributed by atoms with Crippen LogP contribution in [0.4, 0.5) is 5.82 Å². The van der Waals surface area contributed by atoms with E-state index in [2.05, 4.69) is 36.8 Å². The van der Waals surface area contributed by atoms with E-state index in [1.807, 2.05) is 13.1 Å². The molecule has 16 heavy (non-hydrogen) atoms. The maximum absolute atomic E-state index is 11.0. The molecule has 4 nitrogen and oxygen atoms in total. The molecule has 0 unspecified atom stereocenters. The lowest BCUT2D eigenvalue weighted by atomic mass is 10.4. The van der Waals surface area contributed by atoms with Crippen LogP contribution < -0.4 is 4.90 Å². The molecule has 0 radical (unpaired) electrons. The molecule has 1 rings (SSSR count). The predicted molar refractivity (Wildman–Crippen MR) is 72.6 cm³/mol. The summed E-state index contributed by atoms with van der Waals surface area (Å²) in [6.45, 7) is 0.423. The number of rotatable bonds is 4. The summed E-state index contributed by atoms with van der Waals surface area (Å²) < 4.78 is 23.8. The number of hydrogen-bond acceptors (Lipinski definition) is 4. The summed E-state index contributed by atoms with van der Waals surface area (Å²) in [5.41, 5.74) is 0. The highest BCUT2D eigenvalue weighted by Gasteiger charge is 2.10. The molecule has 0 saturated carbocycles. The summed E-state index contributed by atoms with van der Waals surface area (Å²) in [7, 11) is -1.13. The smallest absolute Gasteiger partial charge is 0.149 e. The van der Waals surface area contributed by atoms with Crippen molar-refractivity contribution in [3.05, 3.63) is 21.2 Å². The lowest BCUT2D eigenvalue weighted by Gasteiger charge is -2.18. The molecule has 0 saturated heterocycles. The van der Waals surface area contributed by atoms with Gasteiger partial charge in [0.15, 0.2) is 0 Å². The van der Waals surface area contributed by atoms with E-state index in [0.717, 1.165) is 14.8 Å². The van der Waals surface area contributed by atoms with Crippen LogP contribution in [0.15, 0.2) is 21.2 Å². The molecule has 0 amide bonds. The van der Waals surface area contributed by atoms with Gasteiger partial charge in [-0.15, -0.1) is 0 Å². The van der Waals surface area contributed by atoms with Gasteiger partial charge in [0.2, 0.25) is 0 Å². The number of sulfone groups is 1. The Hall–Kier alpha value is -0.140. The normalized spacial score (nSPS) is 11.5. The number of nitrogens with zero attached hydrogens (tertiary/aromatic N) is 2. The van der Waals surface area contributed by atoms with Crippen LogP contribution in [0.3, 0.4) is 0 Å². The summed E-state index contributed by atoms with van der Waals surface area (Å²) in [5.74, 6) is 0.847. The number of pyridine rings is 1. The molecule has 0 spiro atoms. The van der Waals surface area contributed by atoms with Gasteiger partial charge in [0, 0.05) is 30.5 Å². The fraction of sp³-hybridized carbons (Fsp3) is 0.444. The van der Waals surface area contributed by atoms with Crippen molar-refractivity contribution in [2.45, 2.75) is 0 Å². The molecule has 7 heteroatoms. The van der Waals surface area contributed by atoms with Gasteiger partial charge in [0.25, 0.3) is 0 Å². The maximum Gasteiger partial charge on any atom is 0.149 e. The van der Waals surface area contributed by atoms with Gasteiger partial charge in [-0.2, -0.15) is 0 Å². The Morgan fingerprint density at radius 2 is 2.06 bits per heavy atom. The van der Waals surface area contributed by atoms with E-state index in [9.17, 15) is 8.42 Å². The minimum absolute atomic E-state index is 0.119. The third-order valence-corrected chi connectivity index (χ3v) is 3.89. The molecular weight excluding hydrogens is 360 g/mol. The van der Waals surface area contributed by atoms with Crippen molar-refractivity contribution >= 4 is 47.5 Å². The molecule has 0 atom stereocenters. The Morgan fingerprint density at radius 3 is 2.56 bits per heavy atom. The molecule has 0 bridgehead atoms. The molecule has 90 valence electrons. The predicted octanol–water partition coefficient (Wildman–Crippen LogP) is 2.09. The highest BCUT2D eigenvalue weighted by Crippen LogP contribution is 2.25. The van der Waals surface area contributed by atoms with Crippen molar-refractivity contribution in [3.63, 3.8) is 0 Å². The lowest BCUT2D eigenvalue weighted by molar-refractivity contribution is 0.601. The molecule has 1 aromatic heterocycles. The molecule has 0 aliphatic carbocycles. The average Bonchev–Trinajstić information content (AvgIpc) is 2.13. The number of aromatic nitrogens is 1. The third kappa shape index (κ3) is 4.39. The summed E-state index contributed by atoms with van der Waals surface area (Å²) in [6.07, 6.45) is 2.90. The zero-order chi connectivity index (χ0) is 12.3. The lowest BCUT2D eigenvalue weighted by Crippen LogP contribution is -2.25. The molecule has 1 aromatic rings.